The van der Waals surface area contributed by atoms with E-state index < -0.39 is 5.97 Å². The molecule has 0 N–H and O–H groups in total. The molecule has 0 atom stereocenters. The zero-order chi connectivity index (χ0) is 19.3. The predicted molar refractivity (Wildman–Crippen MR) is 102 cm³/mol. The number of esters is 1. The highest BCUT2D eigenvalue weighted by molar-refractivity contribution is 5.96. The molecule has 0 aliphatic carbocycles. The summed E-state index contributed by atoms with van der Waals surface area (Å²) in [6.45, 7) is 6.24. The van der Waals surface area contributed by atoms with E-state index in [4.69, 9.17) is 9.47 Å². The van der Waals surface area contributed by atoms with Crippen LogP contribution >= 0.6 is 0 Å². The topological polar surface area (TPSA) is 55.8 Å². The van der Waals surface area contributed by atoms with Crippen LogP contribution < -0.4 is 9.64 Å². The van der Waals surface area contributed by atoms with Crippen LogP contribution in [0.1, 0.15) is 41.3 Å². The lowest BCUT2D eigenvalue weighted by Gasteiger charge is -2.18. The van der Waals surface area contributed by atoms with Crippen LogP contribution in [0.3, 0.4) is 0 Å². The molecule has 0 radical (unpaired) electrons. The van der Waals surface area contributed by atoms with Crippen LogP contribution in [0.5, 0.6) is 5.75 Å². The van der Waals surface area contributed by atoms with E-state index in [1.807, 2.05) is 25.1 Å². The maximum Gasteiger partial charge on any atom is 0.337 e. The van der Waals surface area contributed by atoms with Crippen molar-refractivity contribution in [1.82, 2.24) is 0 Å². The summed E-state index contributed by atoms with van der Waals surface area (Å²) in [6.07, 6.45) is 0. The van der Waals surface area contributed by atoms with Gasteiger partial charge in [-0.2, -0.15) is 0 Å². The first-order chi connectivity index (χ1) is 12.3. The number of hydrogen-bond acceptors (Lipinski definition) is 4. The molecule has 2 rings (SSSR count). The summed E-state index contributed by atoms with van der Waals surface area (Å²) in [5.41, 5.74) is 3.41. The third kappa shape index (κ3) is 4.63. The lowest BCUT2D eigenvalue weighted by atomic mass is 9.98. The Balaban J connectivity index is 2.04. The molecule has 2 aromatic rings. The molecular formula is C21H25NO4. The van der Waals surface area contributed by atoms with Gasteiger partial charge in [-0.15, -0.1) is 0 Å². The van der Waals surface area contributed by atoms with Crippen molar-refractivity contribution >= 4 is 17.6 Å². The summed E-state index contributed by atoms with van der Waals surface area (Å²) in [4.78, 5) is 25.5. The van der Waals surface area contributed by atoms with Crippen LogP contribution in [0.25, 0.3) is 0 Å². The lowest BCUT2D eigenvalue weighted by Crippen LogP contribution is -2.31. The fourth-order valence-corrected chi connectivity index (χ4v) is 2.73. The number of ether oxygens (including phenoxy) is 2. The van der Waals surface area contributed by atoms with Gasteiger partial charge in [0.1, 0.15) is 5.75 Å². The Morgan fingerprint density at radius 1 is 1.12 bits per heavy atom. The predicted octanol–water partition coefficient (Wildman–Crippen LogP) is 3.95. The molecule has 0 aliphatic heterocycles. The van der Waals surface area contributed by atoms with Crippen molar-refractivity contribution in [2.24, 2.45) is 0 Å². The molecule has 0 saturated heterocycles. The number of likely N-dealkylation sites (N-methyl/N-ethyl adjacent to an activating group) is 1. The minimum Gasteiger partial charge on any atom is -0.484 e. The normalized spacial score (nSPS) is 10.5. The van der Waals surface area contributed by atoms with Crippen molar-refractivity contribution in [1.29, 1.82) is 0 Å². The van der Waals surface area contributed by atoms with E-state index in [1.165, 1.54) is 17.6 Å². The van der Waals surface area contributed by atoms with Crippen LogP contribution in [0.2, 0.25) is 0 Å². The maximum atomic E-state index is 12.4. The Morgan fingerprint density at radius 2 is 1.85 bits per heavy atom. The van der Waals surface area contributed by atoms with Gasteiger partial charge in [0.05, 0.1) is 12.7 Å². The van der Waals surface area contributed by atoms with Gasteiger partial charge >= 0.3 is 5.97 Å². The summed E-state index contributed by atoms with van der Waals surface area (Å²) >= 11 is 0. The van der Waals surface area contributed by atoms with Crippen molar-refractivity contribution in [3.8, 4) is 5.75 Å². The van der Waals surface area contributed by atoms with Gasteiger partial charge in [0.15, 0.2) is 6.61 Å². The van der Waals surface area contributed by atoms with Gasteiger partial charge in [-0.1, -0.05) is 26.0 Å². The summed E-state index contributed by atoms with van der Waals surface area (Å²) in [5.74, 6) is 0.457. The number of aryl methyl sites for hydroxylation is 1. The Morgan fingerprint density at radius 3 is 2.46 bits per heavy atom. The van der Waals surface area contributed by atoms with Gasteiger partial charge in [-0.05, 0) is 54.3 Å². The number of benzene rings is 2. The Kier molecular flexibility index (Phi) is 6.39. The third-order valence-electron chi connectivity index (χ3n) is 4.25. The smallest absolute Gasteiger partial charge is 0.337 e. The molecular weight excluding hydrogens is 330 g/mol. The van der Waals surface area contributed by atoms with Gasteiger partial charge in [-0.25, -0.2) is 4.79 Å². The number of nitrogens with zero attached hydrogens (tertiary/aromatic N) is 1. The lowest BCUT2D eigenvalue weighted by molar-refractivity contribution is -0.120. The molecule has 2 aromatic carbocycles. The fourth-order valence-electron chi connectivity index (χ4n) is 2.73. The van der Waals surface area contributed by atoms with Crippen LogP contribution in [-0.4, -0.2) is 32.6 Å². The average Bonchev–Trinajstić information content (AvgIpc) is 2.64. The van der Waals surface area contributed by atoms with Crippen LogP contribution in [0, 0.1) is 6.92 Å². The molecule has 0 spiro atoms. The molecule has 5 heteroatoms. The number of hydrogen-bond donors (Lipinski definition) is 0. The molecule has 0 aromatic heterocycles. The Labute approximate surface area is 154 Å². The molecule has 0 aliphatic rings. The number of amides is 1. The molecule has 0 unspecified atom stereocenters. The first-order valence-corrected chi connectivity index (χ1v) is 8.51. The molecule has 26 heavy (non-hydrogen) atoms. The quantitative estimate of drug-likeness (QED) is 0.736. The van der Waals surface area contributed by atoms with E-state index in [-0.39, 0.29) is 12.5 Å². The summed E-state index contributed by atoms with van der Waals surface area (Å²) in [6, 6.07) is 12.6. The molecule has 1 amide bonds. The second kappa shape index (κ2) is 8.52. The molecule has 138 valence electrons. The van der Waals surface area contributed by atoms with Crippen molar-refractivity contribution in [3.63, 3.8) is 0 Å². The second-order valence-electron chi connectivity index (χ2n) is 6.46. The van der Waals surface area contributed by atoms with Gasteiger partial charge in [0, 0.05) is 12.7 Å². The van der Waals surface area contributed by atoms with Gasteiger partial charge in [0.25, 0.3) is 5.91 Å². The Bertz CT molecular complexity index is 798. The first kappa shape index (κ1) is 19.5. The number of methoxy groups -OCH3 is 1. The van der Waals surface area contributed by atoms with E-state index in [0.717, 1.165) is 5.56 Å². The van der Waals surface area contributed by atoms with Gasteiger partial charge in [-0.3, -0.25) is 4.79 Å². The summed E-state index contributed by atoms with van der Waals surface area (Å²) < 4.78 is 10.3. The van der Waals surface area contributed by atoms with E-state index in [2.05, 4.69) is 13.8 Å². The fraction of sp³-hybridized carbons (Fsp3) is 0.333. The standard InChI is InChI=1S/C21H25NO4/c1-14(2)19-10-9-18(11-15(19)3)26-13-20(23)22(4)17-8-6-7-16(12-17)21(24)25-5/h6-12,14H,13H2,1-5H3. The van der Waals surface area contributed by atoms with Crippen molar-refractivity contribution < 1.29 is 19.1 Å². The molecule has 0 fully saturated rings. The van der Waals surface area contributed by atoms with Crippen molar-refractivity contribution in [2.45, 2.75) is 26.7 Å². The minimum absolute atomic E-state index is 0.0839. The molecule has 0 heterocycles. The number of carbonyl (C=O) groups excluding carboxylic acids is 2. The van der Waals surface area contributed by atoms with Crippen LogP contribution in [-0.2, 0) is 9.53 Å². The summed E-state index contributed by atoms with van der Waals surface area (Å²) in [5, 5.41) is 0. The highest BCUT2D eigenvalue weighted by atomic mass is 16.5. The highest BCUT2D eigenvalue weighted by Crippen LogP contribution is 2.23. The van der Waals surface area contributed by atoms with Crippen molar-refractivity contribution in [3.05, 3.63) is 59.2 Å². The van der Waals surface area contributed by atoms with E-state index >= 15 is 0 Å². The second-order valence-corrected chi connectivity index (χ2v) is 6.46. The van der Waals surface area contributed by atoms with E-state index in [1.54, 1.807) is 31.3 Å². The summed E-state index contributed by atoms with van der Waals surface area (Å²) in [7, 11) is 2.97. The van der Waals surface area contributed by atoms with Gasteiger partial charge < -0.3 is 14.4 Å². The molecule has 5 nitrogen and oxygen atoms in total. The van der Waals surface area contributed by atoms with Crippen LogP contribution in [0.4, 0.5) is 5.69 Å². The minimum atomic E-state index is -0.440. The zero-order valence-electron chi connectivity index (χ0n) is 15.9. The third-order valence-corrected chi connectivity index (χ3v) is 4.25. The van der Waals surface area contributed by atoms with E-state index in [0.29, 0.717) is 22.9 Å². The number of anilines is 1. The van der Waals surface area contributed by atoms with Crippen molar-refractivity contribution in [2.75, 3.05) is 25.7 Å². The zero-order valence-corrected chi connectivity index (χ0v) is 15.9. The van der Waals surface area contributed by atoms with E-state index in [9.17, 15) is 9.59 Å². The Hall–Kier alpha value is -2.82. The SMILES string of the molecule is COC(=O)c1cccc(N(C)C(=O)COc2ccc(C(C)C)c(C)c2)c1. The largest absolute Gasteiger partial charge is 0.484 e. The highest BCUT2D eigenvalue weighted by Gasteiger charge is 2.14. The molecule has 0 saturated carbocycles. The number of carbonyl (C=O) groups is 2. The van der Waals surface area contributed by atoms with Crippen LogP contribution in [0.15, 0.2) is 42.5 Å². The van der Waals surface area contributed by atoms with Gasteiger partial charge in [0.2, 0.25) is 0 Å². The monoisotopic (exact) mass is 355 g/mol. The molecule has 0 bridgehead atoms. The number of rotatable bonds is 6. The maximum absolute atomic E-state index is 12.4. The average molecular weight is 355 g/mol. The first-order valence-electron chi connectivity index (χ1n) is 8.51.